The summed E-state index contributed by atoms with van der Waals surface area (Å²) in [5.74, 6) is 1.08. The van der Waals surface area contributed by atoms with Gasteiger partial charge in [0.2, 0.25) is 17.0 Å². The summed E-state index contributed by atoms with van der Waals surface area (Å²) in [6.45, 7) is 3.97. The minimum absolute atomic E-state index is 0.455. The molecule has 7 nitrogen and oxygen atoms in total. The maximum absolute atomic E-state index is 12.0. The van der Waals surface area contributed by atoms with E-state index in [9.17, 15) is 4.79 Å². The Morgan fingerprint density at radius 3 is 2.96 bits per heavy atom. The lowest BCUT2D eigenvalue weighted by atomic mass is 9.99. The monoisotopic (exact) mass is 344 g/mol. The molecule has 0 radical (unpaired) electrons. The van der Waals surface area contributed by atoms with Crippen LogP contribution in [0.5, 0.6) is 0 Å². The van der Waals surface area contributed by atoms with E-state index < -0.39 is 11.9 Å². The fourth-order valence-corrected chi connectivity index (χ4v) is 3.54. The molecule has 1 aliphatic heterocycles. The summed E-state index contributed by atoms with van der Waals surface area (Å²) in [6.07, 6.45) is 3.93. The van der Waals surface area contributed by atoms with Gasteiger partial charge in [0.05, 0.1) is 11.3 Å². The molecule has 0 saturated carbocycles. The molecule has 0 bridgehead atoms. The minimum atomic E-state index is -0.489. The third kappa shape index (κ3) is 3.14. The van der Waals surface area contributed by atoms with E-state index in [0.717, 1.165) is 18.6 Å². The van der Waals surface area contributed by atoms with E-state index in [1.165, 1.54) is 0 Å². The number of fused-ring (bicyclic) bond motifs is 1. The van der Waals surface area contributed by atoms with Gasteiger partial charge in [0.1, 0.15) is 6.04 Å². The number of nitrogens with zero attached hydrogens (tertiary/aromatic N) is 4. The van der Waals surface area contributed by atoms with E-state index in [2.05, 4.69) is 27.3 Å². The predicted molar refractivity (Wildman–Crippen MR) is 93.5 cm³/mol. The van der Waals surface area contributed by atoms with E-state index in [-0.39, 0.29) is 0 Å². The van der Waals surface area contributed by atoms with Gasteiger partial charge in [-0.2, -0.15) is 4.98 Å². The first-order valence-electron chi connectivity index (χ1n) is 7.89. The van der Waals surface area contributed by atoms with Crippen LogP contribution in [0.1, 0.15) is 38.4 Å². The Balaban J connectivity index is 2.02. The summed E-state index contributed by atoms with van der Waals surface area (Å²) >= 11 is 1.61. The molecule has 0 aromatic carbocycles. The second kappa shape index (κ2) is 7.04. The maximum Gasteiger partial charge on any atom is 0.248 e. The van der Waals surface area contributed by atoms with Gasteiger partial charge in [-0.15, -0.1) is 5.10 Å². The SMILES string of the molecule is CCCCSc1nc2n(n1)[C@@H](c1ccccn1)C(C(N)=O)=C(C)N2. The molecule has 0 fully saturated rings. The number of carbonyl (C=O) groups excluding carboxylic acids is 1. The number of rotatable bonds is 6. The number of hydrogen-bond acceptors (Lipinski definition) is 6. The number of nitrogens with one attached hydrogen (secondary N) is 1. The highest BCUT2D eigenvalue weighted by atomic mass is 32.2. The minimum Gasteiger partial charge on any atom is -0.366 e. The zero-order chi connectivity index (χ0) is 17.1. The summed E-state index contributed by atoms with van der Waals surface area (Å²) in [5.41, 5.74) is 7.47. The van der Waals surface area contributed by atoms with Crippen LogP contribution in [0, 0.1) is 0 Å². The Hall–Kier alpha value is -2.35. The summed E-state index contributed by atoms with van der Waals surface area (Å²) in [6, 6.07) is 5.11. The Bertz CT molecular complexity index is 770. The fourth-order valence-electron chi connectivity index (χ4n) is 2.63. The second-order valence-electron chi connectivity index (χ2n) is 5.55. The van der Waals surface area contributed by atoms with Gasteiger partial charge in [-0.3, -0.25) is 9.78 Å². The van der Waals surface area contributed by atoms with E-state index in [4.69, 9.17) is 5.73 Å². The average molecular weight is 344 g/mol. The molecule has 3 heterocycles. The van der Waals surface area contributed by atoms with Crippen LogP contribution in [0.4, 0.5) is 5.95 Å². The lowest BCUT2D eigenvalue weighted by Gasteiger charge is -2.26. The Morgan fingerprint density at radius 1 is 1.46 bits per heavy atom. The Kier molecular flexibility index (Phi) is 4.84. The van der Waals surface area contributed by atoms with Crippen LogP contribution in [0.2, 0.25) is 0 Å². The van der Waals surface area contributed by atoms with Gasteiger partial charge in [0, 0.05) is 17.6 Å². The van der Waals surface area contributed by atoms with E-state index in [1.807, 2.05) is 25.1 Å². The fraction of sp³-hybridized carbons (Fsp3) is 0.375. The number of unbranched alkanes of at least 4 members (excludes halogenated alkanes) is 1. The largest absolute Gasteiger partial charge is 0.366 e. The molecule has 0 saturated heterocycles. The molecule has 126 valence electrons. The zero-order valence-electron chi connectivity index (χ0n) is 13.7. The number of hydrogen-bond donors (Lipinski definition) is 2. The molecular formula is C16H20N6OS. The van der Waals surface area contributed by atoms with E-state index in [1.54, 1.807) is 22.6 Å². The van der Waals surface area contributed by atoms with Crippen molar-refractivity contribution in [1.29, 1.82) is 0 Å². The van der Waals surface area contributed by atoms with E-state index in [0.29, 0.717) is 28.1 Å². The molecule has 3 rings (SSSR count). The van der Waals surface area contributed by atoms with Gasteiger partial charge in [0.15, 0.2) is 0 Å². The lowest BCUT2D eigenvalue weighted by molar-refractivity contribution is -0.115. The summed E-state index contributed by atoms with van der Waals surface area (Å²) < 4.78 is 1.70. The molecule has 2 aromatic rings. The average Bonchev–Trinajstić information content (AvgIpc) is 2.96. The summed E-state index contributed by atoms with van der Waals surface area (Å²) in [4.78, 5) is 20.9. The molecule has 8 heteroatoms. The van der Waals surface area contributed by atoms with Crippen LogP contribution in [0.25, 0.3) is 0 Å². The highest BCUT2D eigenvalue weighted by molar-refractivity contribution is 7.99. The Morgan fingerprint density at radius 2 is 2.29 bits per heavy atom. The van der Waals surface area contributed by atoms with Crippen LogP contribution in [0.3, 0.4) is 0 Å². The normalized spacial score (nSPS) is 16.7. The molecular weight excluding hydrogens is 324 g/mol. The molecule has 0 aliphatic carbocycles. The third-order valence-corrected chi connectivity index (χ3v) is 4.72. The number of aromatic nitrogens is 4. The Labute approximate surface area is 144 Å². The quantitative estimate of drug-likeness (QED) is 0.616. The van der Waals surface area contributed by atoms with Crippen LogP contribution in [-0.2, 0) is 4.79 Å². The topological polar surface area (TPSA) is 98.7 Å². The first-order valence-corrected chi connectivity index (χ1v) is 8.88. The smallest absolute Gasteiger partial charge is 0.248 e. The number of primary amides is 1. The molecule has 2 aromatic heterocycles. The number of anilines is 1. The van der Waals surface area contributed by atoms with Crippen molar-refractivity contribution in [1.82, 2.24) is 19.7 Å². The van der Waals surface area contributed by atoms with Gasteiger partial charge in [0.25, 0.3) is 0 Å². The van der Waals surface area contributed by atoms with Gasteiger partial charge in [-0.25, -0.2) is 4.68 Å². The maximum atomic E-state index is 12.0. The molecule has 1 amide bonds. The number of carbonyl (C=O) groups is 1. The van der Waals surface area contributed by atoms with Crippen molar-refractivity contribution in [2.75, 3.05) is 11.1 Å². The van der Waals surface area contributed by atoms with Crippen LogP contribution >= 0.6 is 11.8 Å². The number of pyridine rings is 1. The molecule has 0 spiro atoms. The predicted octanol–water partition coefficient (Wildman–Crippen LogP) is 2.34. The van der Waals surface area contributed by atoms with Crippen molar-refractivity contribution in [3.05, 3.63) is 41.4 Å². The number of thioether (sulfide) groups is 1. The summed E-state index contributed by atoms with van der Waals surface area (Å²) in [5, 5.41) is 8.39. The van der Waals surface area contributed by atoms with Crippen molar-refractivity contribution in [3.8, 4) is 0 Å². The van der Waals surface area contributed by atoms with Crippen LogP contribution in [-0.4, -0.2) is 31.4 Å². The lowest BCUT2D eigenvalue weighted by Crippen LogP contribution is -2.32. The van der Waals surface area contributed by atoms with Gasteiger partial charge in [-0.1, -0.05) is 31.2 Å². The second-order valence-corrected chi connectivity index (χ2v) is 6.61. The third-order valence-electron chi connectivity index (χ3n) is 3.80. The van der Waals surface area contributed by atoms with Crippen molar-refractivity contribution in [3.63, 3.8) is 0 Å². The van der Waals surface area contributed by atoms with Crippen molar-refractivity contribution in [2.24, 2.45) is 5.73 Å². The highest BCUT2D eigenvalue weighted by Gasteiger charge is 2.33. The first-order chi connectivity index (χ1) is 11.6. The molecule has 0 unspecified atom stereocenters. The number of nitrogens with two attached hydrogens (primary N) is 1. The van der Waals surface area contributed by atoms with Crippen LogP contribution in [0.15, 0.2) is 40.8 Å². The molecule has 24 heavy (non-hydrogen) atoms. The number of amides is 1. The number of allylic oxidation sites excluding steroid dienone is 1. The highest BCUT2D eigenvalue weighted by Crippen LogP contribution is 2.34. The summed E-state index contributed by atoms with van der Waals surface area (Å²) in [7, 11) is 0. The van der Waals surface area contributed by atoms with Gasteiger partial charge >= 0.3 is 0 Å². The van der Waals surface area contributed by atoms with Gasteiger partial charge in [-0.05, 0) is 25.5 Å². The van der Waals surface area contributed by atoms with Crippen molar-refractivity contribution >= 4 is 23.6 Å². The molecule has 1 atom stereocenters. The standard InChI is InChI=1S/C16H20N6OS/c1-3-4-9-24-16-20-15-19-10(2)12(14(17)23)13(22(15)21-16)11-7-5-6-8-18-11/h5-8,13H,3-4,9H2,1-2H3,(H2,17,23)(H,19,20,21)/t13-/m0/s1. The van der Waals surface area contributed by atoms with E-state index >= 15 is 0 Å². The molecule has 1 aliphatic rings. The van der Waals surface area contributed by atoms with Crippen LogP contribution < -0.4 is 11.1 Å². The zero-order valence-corrected chi connectivity index (χ0v) is 14.5. The first kappa shape index (κ1) is 16.5. The van der Waals surface area contributed by atoms with Crippen molar-refractivity contribution < 1.29 is 4.79 Å². The van der Waals surface area contributed by atoms with Crippen molar-refractivity contribution in [2.45, 2.75) is 37.9 Å². The van der Waals surface area contributed by atoms with Gasteiger partial charge < -0.3 is 11.1 Å². The molecule has 3 N–H and O–H groups in total.